The van der Waals surface area contributed by atoms with Crippen molar-refractivity contribution in [2.24, 2.45) is 0 Å². The molecule has 0 aliphatic carbocycles. The summed E-state index contributed by atoms with van der Waals surface area (Å²) in [7, 11) is 0. The number of hydrogen-bond donors (Lipinski definition) is 0. The van der Waals surface area contributed by atoms with Gasteiger partial charge in [-0.2, -0.15) is 0 Å². The Morgan fingerprint density at radius 2 is 1.55 bits per heavy atom. The molecule has 4 aromatic rings. The van der Waals surface area contributed by atoms with Crippen LogP contribution in [0.25, 0.3) is 22.6 Å². The van der Waals surface area contributed by atoms with Crippen LogP contribution in [0.2, 0.25) is 0 Å². The van der Waals surface area contributed by atoms with Gasteiger partial charge in [0.15, 0.2) is 0 Å². The molecule has 175 valence electrons. The molecule has 4 heterocycles. The second kappa shape index (κ2) is 10.9. The van der Waals surface area contributed by atoms with Crippen molar-refractivity contribution in [3.05, 3.63) is 78.3 Å². The first kappa shape index (κ1) is 26.5. The fourth-order valence-electron chi connectivity index (χ4n) is 2.85. The van der Waals surface area contributed by atoms with Gasteiger partial charge in [0.1, 0.15) is 0 Å². The van der Waals surface area contributed by atoms with Crippen molar-refractivity contribution in [3.8, 4) is 22.6 Å². The first-order valence-corrected chi connectivity index (χ1v) is 10.6. The number of aromatic nitrogens is 6. The summed E-state index contributed by atoms with van der Waals surface area (Å²) in [5.41, 5.74) is 5.64. The van der Waals surface area contributed by atoms with Crippen LogP contribution in [0.15, 0.2) is 55.0 Å². The van der Waals surface area contributed by atoms with Crippen molar-refractivity contribution in [2.45, 2.75) is 59.3 Å². The third-order valence-electron chi connectivity index (χ3n) is 4.76. The molecule has 0 aliphatic heterocycles. The van der Waals surface area contributed by atoms with Crippen LogP contribution in [0.3, 0.4) is 0 Å². The van der Waals surface area contributed by atoms with E-state index in [0.29, 0.717) is 0 Å². The van der Waals surface area contributed by atoms with Crippen LogP contribution in [0.5, 0.6) is 0 Å². The van der Waals surface area contributed by atoms with E-state index in [-0.39, 0.29) is 30.9 Å². The molecule has 6 nitrogen and oxygen atoms in total. The number of aryl methyl sites for hydroxylation is 1. The van der Waals surface area contributed by atoms with Gasteiger partial charge in [-0.15, -0.1) is 0 Å². The van der Waals surface area contributed by atoms with E-state index in [1.165, 1.54) is 5.56 Å². The van der Waals surface area contributed by atoms with Crippen molar-refractivity contribution < 1.29 is 20.1 Å². The minimum absolute atomic E-state index is 0. The quantitative estimate of drug-likeness (QED) is 0.282. The zero-order valence-electron chi connectivity index (χ0n) is 20.2. The predicted molar refractivity (Wildman–Crippen MR) is 127 cm³/mol. The molecule has 0 atom stereocenters. The SMILES string of the molecule is CC(C)(C)c1ccnc(-c2[c-]nc(C(C)(C)C)nc2)c1.Cc1cc(-c2ccccn2)[n-]n1.[Ir]. The summed E-state index contributed by atoms with van der Waals surface area (Å²) < 4.78 is 0. The van der Waals surface area contributed by atoms with Gasteiger partial charge in [-0.1, -0.05) is 77.2 Å². The van der Waals surface area contributed by atoms with Crippen molar-refractivity contribution in [2.75, 3.05) is 0 Å². The summed E-state index contributed by atoms with van der Waals surface area (Å²) in [6.07, 6.45) is 8.46. The molecule has 0 fully saturated rings. The maximum Gasteiger partial charge on any atom is 0.0494 e. The van der Waals surface area contributed by atoms with Gasteiger partial charge >= 0.3 is 0 Å². The molecule has 4 aromatic heterocycles. The fourth-order valence-corrected chi connectivity index (χ4v) is 2.85. The Morgan fingerprint density at radius 3 is 2.06 bits per heavy atom. The fraction of sp³-hybridized carbons (Fsp3) is 0.346. The van der Waals surface area contributed by atoms with E-state index >= 15 is 0 Å². The van der Waals surface area contributed by atoms with Crippen LogP contribution in [0.1, 0.15) is 58.6 Å². The Labute approximate surface area is 210 Å². The average molecular weight is 619 g/mol. The minimum atomic E-state index is -0.0598. The monoisotopic (exact) mass is 619 g/mol. The Morgan fingerprint density at radius 1 is 0.818 bits per heavy atom. The first-order valence-electron chi connectivity index (χ1n) is 10.6. The normalized spacial score (nSPS) is 11.2. The van der Waals surface area contributed by atoms with Crippen molar-refractivity contribution in [1.29, 1.82) is 0 Å². The van der Waals surface area contributed by atoms with E-state index in [1.807, 2.05) is 49.6 Å². The number of nitrogens with zero attached hydrogens (tertiary/aromatic N) is 6. The van der Waals surface area contributed by atoms with E-state index in [9.17, 15) is 0 Å². The van der Waals surface area contributed by atoms with Crippen LogP contribution in [0, 0.1) is 13.1 Å². The number of rotatable bonds is 2. The van der Waals surface area contributed by atoms with Gasteiger partial charge < -0.3 is 25.1 Å². The van der Waals surface area contributed by atoms with E-state index < -0.39 is 0 Å². The van der Waals surface area contributed by atoms with Crippen molar-refractivity contribution in [3.63, 3.8) is 0 Å². The van der Waals surface area contributed by atoms with Crippen LogP contribution in [0.4, 0.5) is 0 Å². The summed E-state index contributed by atoms with van der Waals surface area (Å²) in [4.78, 5) is 17.3. The minimum Gasteiger partial charge on any atom is -0.574 e. The molecule has 0 aromatic carbocycles. The maximum absolute atomic E-state index is 4.44. The van der Waals surface area contributed by atoms with Gasteiger partial charge in [0.25, 0.3) is 0 Å². The van der Waals surface area contributed by atoms with E-state index in [2.05, 4.69) is 83.9 Å². The predicted octanol–water partition coefficient (Wildman–Crippen LogP) is 5.34. The Balaban J connectivity index is 0.000000253. The molecule has 0 saturated carbocycles. The number of pyridine rings is 2. The molecule has 0 bridgehead atoms. The van der Waals surface area contributed by atoms with E-state index in [1.54, 1.807) is 6.20 Å². The molecule has 0 N–H and O–H groups in total. The maximum atomic E-state index is 4.44. The molecule has 33 heavy (non-hydrogen) atoms. The Bertz CT molecular complexity index is 1140. The topological polar surface area (TPSA) is 78.5 Å². The molecule has 1 radical (unpaired) electrons. The Kier molecular flexibility index (Phi) is 8.75. The van der Waals surface area contributed by atoms with Gasteiger partial charge in [0.05, 0.1) is 0 Å². The smallest absolute Gasteiger partial charge is 0.0494 e. The van der Waals surface area contributed by atoms with Gasteiger partial charge in [0.2, 0.25) is 0 Å². The second-order valence-corrected chi connectivity index (χ2v) is 9.73. The standard InChI is InChI=1S/C17H22N3.C9H8N3.Ir/c1-16(2,3)13-7-8-18-14(9-13)12-10-19-15(20-11-12)17(4,5)6;1-7-6-9(12-11-7)8-4-2-3-5-10-8;/h7-10H,1-6H3;2-6H,1H3;/q2*-1;. The number of hydrogen-bond acceptors (Lipinski definition) is 5. The molecule has 0 saturated heterocycles. The van der Waals surface area contributed by atoms with Crippen molar-refractivity contribution in [1.82, 2.24) is 30.1 Å². The average Bonchev–Trinajstić information content (AvgIpc) is 3.20. The summed E-state index contributed by atoms with van der Waals surface area (Å²) in [6.45, 7) is 14.8. The van der Waals surface area contributed by atoms with Gasteiger partial charge in [0, 0.05) is 49.7 Å². The van der Waals surface area contributed by atoms with Crippen LogP contribution in [-0.2, 0) is 30.9 Å². The van der Waals surface area contributed by atoms with Gasteiger partial charge in [-0.05, 0) is 53.4 Å². The molecule has 0 aliphatic rings. The molecular formula is C26H30IrN6-2. The zero-order chi connectivity index (χ0) is 23.4. The molecule has 0 amide bonds. The zero-order valence-corrected chi connectivity index (χ0v) is 22.6. The summed E-state index contributed by atoms with van der Waals surface area (Å²) in [6, 6.07) is 11.8. The summed E-state index contributed by atoms with van der Waals surface area (Å²) >= 11 is 0. The summed E-state index contributed by atoms with van der Waals surface area (Å²) in [5.74, 6) is 0.799. The third kappa shape index (κ3) is 7.37. The second-order valence-electron chi connectivity index (χ2n) is 9.73. The van der Waals surface area contributed by atoms with Gasteiger partial charge in [-0.3, -0.25) is 4.98 Å². The van der Waals surface area contributed by atoms with E-state index in [4.69, 9.17) is 0 Å². The van der Waals surface area contributed by atoms with Crippen LogP contribution >= 0.6 is 0 Å². The van der Waals surface area contributed by atoms with Crippen molar-refractivity contribution >= 4 is 0 Å². The molecule has 0 unspecified atom stereocenters. The molecule has 0 spiro atoms. The summed E-state index contributed by atoms with van der Waals surface area (Å²) in [5, 5.41) is 7.88. The molecule has 7 heteroatoms. The molecule has 4 rings (SSSR count). The third-order valence-corrected chi connectivity index (χ3v) is 4.76. The molecular weight excluding hydrogens is 589 g/mol. The van der Waals surface area contributed by atoms with Gasteiger partial charge in [-0.25, -0.2) is 0 Å². The van der Waals surface area contributed by atoms with Crippen LogP contribution < -0.4 is 5.10 Å². The van der Waals surface area contributed by atoms with Crippen LogP contribution in [-0.4, -0.2) is 25.0 Å². The van der Waals surface area contributed by atoms with E-state index in [0.717, 1.165) is 34.2 Å². The Hall–Kier alpha value is -2.76. The largest absolute Gasteiger partial charge is 0.574 e. The first-order chi connectivity index (χ1) is 15.0.